The van der Waals surface area contributed by atoms with Gasteiger partial charge in [-0.1, -0.05) is 0 Å². The standard InChI is InChI=1S/C15H25NO3/c17-9-13-10-3-4-11(8-10)15(13)16-14(18)6-5-12-2-1-7-19-12/h10-13,15,17H,1-9H2,(H,16,18). The maximum Gasteiger partial charge on any atom is 0.220 e. The number of ether oxygens (including phenoxy) is 1. The third-order valence-corrected chi connectivity index (χ3v) is 5.34. The van der Waals surface area contributed by atoms with Crippen LogP contribution in [0.15, 0.2) is 0 Å². The number of aliphatic hydroxyl groups is 1. The Morgan fingerprint density at radius 1 is 1.26 bits per heavy atom. The second-order valence-electron chi connectivity index (χ2n) is 6.45. The lowest BCUT2D eigenvalue weighted by atomic mass is 9.85. The van der Waals surface area contributed by atoms with E-state index in [2.05, 4.69) is 5.32 Å². The second kappa shape index (κ2) is 5.80. The van der Waals surface area contributed by atoms with Crippen molar-refractivity contribution in [1.29, 1.82) is 0 Å². The van der Waals surface area contributed by atoms with Crippen LogP contribution in [-0.4, -0.2) is 36.4 Å². The Balaban J connectivity index is 1.46. The van der Waals surface area contributed by atoms with Crippen molar-refractivity contribution >= 4 is 5.91 Å². The smallest absolute Gasteiger partial charge is 0.220 e. The van der Waals surface area contributed by atoms with Crippen LogP contribution in [0.25, 0.3) is 0 Å². The molecular weight excluding hydrogens is 242 g/mol. The molecule has 3 aliphatic rings. The minimum Gasteiger partial charge on any atom is -0.396 e. The van der Waals surface area contributed by atoms with E-state index in [1.54, 1.807) is 0 Å². The molecule has 1 saturated heterocycles. The average molecular weight is 267 g/mol. The van der Waals surface area contributed by atoms with Crippen molar-refractivity contribution < 1.29 is 14.6 Å². The van der Waals surface area contributed by atoms with Crippen LogP contribution in [0, 0.1) is 17.8 Å². The Bertz CT molecular complexity index is 327. The second-order valence-corrected chi connectivity index (χ2v) is 6.45. The molecule has 4 heteroatoms. The van der Waals surface area contributed by atoms with Crippen LogP contribution < -0.4 is 5.32 Å². The summed E-state index contributed by atoms with van der Waals surface area (Å²) in [6.07, 6.45) is 7.58. The number of carbonyl (C=O) groups excluding carboxylic acids is 1. The van der Waals surface area contributed by atoms with E-state index in [1.165, 1.54) is 19.3 Å². The average Bonchev–Trinajstić information content (AvgIpc) is 3.13. The first-order valence-corrected chi connectivity index (χ1v) is 7.79. The zero-order valence-corrected chi connectivity index (χ0v) is 11.5. The van der Waals surface area contributed by atoms with Crippen LogP contribution in [0.2, 0.25) is 0 Å². The lowest BCUT2D eigenvalue weighted by molar-refractivity contribution is -0.123. The number of rotatable bonds is 5. The number of amides is 1. The largest absolute Gasteiger partial charge is 0.396 e. The number of hydrogen-bond acceptors (Lipinski definition) is 3. The van der Waals surface area contributed by atoms with Gasteiger partial charge in [-0.05, 0) is 50.4 Å². The fraction of sp³-hybridized carbons (Fsp3) is 0.933. The molecule has 1 heterocycles. The normalized spacial score (nSPS) is 40.8. The molecule has 5 unspecified atom stereocenters. The van der Waals surface area contributed by atoms with E-state index in [0.29, 0.717) is 30.3 Å². The van der Waals surface area contributed by atoms with Crippen LogP contribution >= 0.6 is 0 Å². The van der Waals surface area contributed by atoms with E-state index < -0.39 is 0 Å². The molecule has 5 atom stereocenters. The summed E-state index contributed by atoms with van der Waals surface area (Å²) in [6, 6.07) is 0.223. The highest BCUT2D eigenvalue weighted by molar-refractivity contribution is 5.76. The van der Waals surface area contributed by atoms with Gasteiger partial charge in [-0.15, -0.1) is 0 Å². The van der Waals surface area contributed by atoms with E-state index in [1.807, 2.05) is 0 Å². The van der Waals surface area contributed by atoms with Crippen molar-refractivity contribution in [3.8, 4) is 0 Å². The third-order valence-electron chi connectivity index (χ3n) is 5.34. The molecule has 2 bridgehead atoms. The van der Waals surface area contributed by atoms with Crippen LogP contribution in [0.3, 0.4) is 0 Å². The SMILES string of the molecule is O=C(CCC1CCCO1)NC1C2CCC(C2)C1CO. The third kappa shape index (κ3) is 2.79. The fourth-order valence-corrected chi connectivity index (χ4v) is 4.32. The van der Waals surface area contributed by atoms with Gasteiger partial charge in [-0.3, -0.25) is 4.79 Å². The lowest BCUT2D eigenvalue weighted by Gasteiger charge is -2.30. The highest BCUT2D eigenvalue weighted by Crippen LogP contribution is 2.48. The predicted molar refractivity (Wildman–Crippen MR) is 71.5 cm³/mol. The molecule has 0 aromatic rings. The fourth-order valence-electron chi connectivity index (χ4n) is 4.32. The van der Waals surface area contributed by atoms with Crippen molar-refractivity contribution in [2.75, 3.05) is 13.2 Å². The Kier molecular flexibility index (Phi) is 4.08. The number of carbonyl (C=O) groups is 1. The van der Waals surface area contributed by atoms with Gasteiger partial charge in [0.25, 0.3) is 0 Å². The van der Waals surface area contributed by atoms with E-state index in [-0.39, 0.29) is 18.6 Å². The molecule has 0 radical (unpaired) electrons. The number of fused-ring (bicyclic) bond motifs is 2. The Labute approximate surface area is 114 Å². The lowest BCUT2D eigenvalue weighted by Crippen LogP contribution is -2.45. The van der Waals surface area contributed by atoms with Gasteiger partial charge in [0.05, 0.1) is 6.10 Å². The summed E-state index contributed by atoms with van der Waals surface area (Å²) in [4.78, 5) is 12.0. The predicted octanol–water partition coefficient (Wildman–Crippen LogP) is 1.47. The molecule has 0 aromatic carbocycles. The molecule has 19 heavy (non-hydrogen) atoms. The molecule has 2 saturated carbocycles. The number of nitrogens with one attached hydrogen (secondary N) is 1. The van der Waals surface area contributed by atoms with Gasteiger partial charge in [0.2, 0.25) is 5.91 Å². The van der Waals surface area contributed by atoms with Gasteiger partial charge < -0.3 is 15.2 Å². The summed E-state index contributed by atoms with van der Waals surface area (Å²) in [5, 5.41) is 12.7. The highest BCUT2D eigenvalue weighted by Gasteiger charge is 2.47. The molecule has 108 valence electrons. The zero-order valence-electron chi connectivity index (χ0n) is 11.5. The maximum absolute atomic E-state index is 12.0. The Morgan fingerprint density at radius 3 is 2.84 bits per heavy atom. The molecule has 1 aliphatic heterocycles. The van der Waals surface area contributed by atoms with Gasteiger partial charge in [0, 0.05) is 31.6 Å². The molecule has 0 spiro atoms. The van der Waals surface area contributed by atoms with Gasteiger partial charge in [0.15, 0.2) is 0 Å². The molecule has 3 rings (SSSR count). The van der Waals surface area contributed by atoms with E-state index in [4.69, 9.17) is 4.74 Å². The van der Waals surface area contributed by atoms with Crippen LogP contribution in [0.5, 0.6) is 0 Å². The Hall–Kier alpha value is -0.610. The highest BCUT2D eigenvalue weighted by atomic mass is 16.5. The van der Waals surface area contributed by atoms with Gasteiger partial charge in [-0.2, -0.15) is 0 Å². The molecule has 2 aliphatic carbocycles. The maximum atomic E-state index is 12.0. The van der Waals surface area contributed by atoms with E-state index >= 15 is 0 Å². The molecule has 1 amide bonds. The zero-order chi connectivity index (χ0) is 13.2. The summed E-state index contributed by atoms with van der Waals surface area (Å²) < 4.78 is 5.54. The number of aliphatic hydroxyl groups excluding tert-OH is 1. The molecule has 4 nitrogen and oxygen atoms in total. The van der Waals surface area contributed by atoms with E-state index in [0.717, 1.165) is 25.9 Å². The molecule has 3 fully saturated rings. The first-order valence-electron chi connectivity index (χ1n) is 7.79. The monoisotopic (exact) mass is 267 g/mol. The van der Waals surface area contributed by atoms with E-state index in [9.17, 15) is 9.90 Å². The van der Waals surface area contributed by atoms with Crippen LogP contribution in [0.1, 0.15) is 44.9 Å². The first-order chi connectivity index (χ1) is 9.28. The Morgan fingerprint density at radius 2 is 2.11 bits per heavy atom. The summed E-state index contributed by atoms with van der Waals surface area (Å²) in [7, 11) is 0. The summed E-state index contributed by atoms with van der Waals surface area (Å²) >= 11 is 0. The van der Waals surface area contributed by atoms with Crippen molar-refractivity contribution in [3.63, 3.8) is 0 Å². The minimum atomic E-state index is 0.145. The summed E-state index contributed by atoms with van der Waals surface area (Å²) in [6.45, 7) is 1.07. The summed E-state index contributed by atoms with van der Waals surface area (Å²) in [5.74, 6) is 1.68. The topological polar surface area (TPSA) is 58.6 Å². The van der Waals surface area contributed by atoms with Crippen LogP contribution in [0.4, 0.5) is 0 Å². The van der Waals surface area contributed by atoms with Crippen molar-refractivity contribution in [1.82, 2.24) is 5.32 Å². The van der Waals surface area contributed by atoms with Gasteiger partial charge in [0.1, 0.15) is 0 Å². The van der Waals surface area contributed by atoms with Gasteiger partial charge in [-0.25, -0.2) is 0 Å². The molecule has 2 N–H and O–H groups in total. The molecule has 0 aromatic heterocycles. The first kappa shape index (κ1) is 13.4. The van der Waals surface area contributed by atoms with Gasteiger partial charge >= 0.3 is 0 Å². The molecular formula is C15H25NO3. The van der Waals surface area contributed by atoms with Crippen molar-refractivity contribution in [2.45, 2.75) is 57.1 Å². The number of hydrogen-bond donors (Lipinski definition) is 2. The van der Waals surface area contributed by atoms with Crippen molar-refractivity contribution in [2.24, 2.45) is 17.8 Å². The van der Waals surface area contributed by atoms with Crippen molar-refractivity contribution in [3.05, 3.63) is 0 Å². The minimum absolute atomic E-state index is 0.145. The quantitative estimate of drug-likeness (QED) is 0.793. The van der Waals surface area contributed by atoms with Crippen LogP contribution in [-0.2, 0) is 9.53 Å². The summed E-state index contributed by atoms with van der Waals surface area (Å²) in [5.41, 5.74) is 0.